The van der Waals surface area contributed by atoms with Gasteiger partial charge in [-0.2, -0.15) is 0 Å². The number of carbonyl (C=O) groups excluding carboxylic acids is 2. The maximum Gasteiger partial charge on any atom is 0.200 e. The lowest BCUT2D eigenvalue weighted by atomic mass is 9.71. The van der Waals surface area contributed by atoms with Crippen molar-refractivity contribution in [3.05, 3.63) is 136 Å². The molecule has 0 aromatic heterocycles. The molecule has 0 radical (unpaired) electrons. The second-order valence-corrected chi connectivity index (χ2v) is 18.5. The first-order valence-corrected chi connectivity index (χ1v) is 18.5. The number of nitrogens with zero attached hydrogens (tertiary/aromatic N) is 1. The summed E-state index contributed by atoms with van der Waals surface area (Å²) in [5.74, 6) is -10.4. The highest BCUT2D eigenvalue weighted by atomic mass is 28.3. The molecular weight excluding hydrogens is 607 g/mol. The largest absolute Gasteiger partial charge is 0.310 e. The molecule has 1 heterocycles. The van der Waals surface area contributed by atoms with Gasteiger partial charge in [0.1, 0.15) is 0 Å². The van der Waals surface area contributed by atoms with Crippen LogP contribution in [0.25, 0.3) is 16.8 Å². The summed E-state index contributed by atoms with van der Waals surface area (Å²) in [6, 6.07) is 26.5. The molecule has 0 fully saturated rings. The van der Waals surface area contributed by atoms with Crippen LogP contribution in [-0.2, 0) is 5.41 Å². The summed E-state index contributed by atoms with van der Waals surface area (Å²) in [6.45, 7) is 11.3. The molecule has 0 saturated carbocycles. The molecule has 0 unspecified atom stereocenters. The maximum atomic E-state index is 14.5. The van der Waals surface area contributed by atoms with Gasteiger partial charge < -0.3 is 4.90 Å². The Bertz CT molecular complexity index is 2150. The van der Waals surface area contributed by atoms with Crippen molar-refractivity contribution in [2.75, 3.05) is 4.90 Å². The number of fused-ring (bicyclic) bond motifs is 5. The number of ketones is 2. The van der Waals surface area contributed by atoms with Gasteiger partial charge in [0, 0.05) is 11.1 Å². The molecule has 230 valence electrons. The molecule has 0 bridgehead atoms. The SMILES string of the molecule is CC1(C)c2ccccc2N(c2ccc([Si](C)(C)C)cc2)c2ccc3cc(C=C4C(=O)c5c(F)c(F)c(F)c(F)c5C4=O)ccc3c21. The first kappa shape index (κ1) is 29.9. The van der Waals surface area contributed by atoms with Gasteiger partial charge in [-0.25, -0.2) is 17.6 Å². The molecule has 0 saturated heterocycles. The average molecular weight is 636 g/mol. The Morgan fingerprint density at radius 2 is 1.30 bits per heavy atom. The number of hydrogen-bond acceptors (Lipinski definition) is 3. The topological polar surface area (TPSA) is 37.4 Å². The van der Waals surface area contributed by atoms with Gasteiger partial charge in [0.2, 0.25) is 11.6 Å². The van der Waals surface area contributed by atoms with Gasteiger partial charge in [0.25, 0.3) is 0 Å². The second kappa shape index (κ2) is 10.1. The minimum Gasteiger partial charge on any atom is -0.310 e. The van der Waals surface area contributed by atoms with Crippen molar-refractivity contribution in [1.82, 2.24) is 0 Å². The van der Waals surface area contributed by atoms with Gasteiger partial charge in [0.05, 0.1) is 36.1 Å². The van der Waals surface area contributed by atoms with Crippen molar-refractivity contribution < 1.29 is 27.2 Å². The Balaban J connectivity index is 1.37. The molecule has 3 nitrogen and oxygen atoms in total. The van der Waals surface area contributed by atoms with E-state index in [0.717, 1.165) is 39.0 Å². The summed E-state index contributed by atoms with van der Waals surface area (Å²) >= 11 is 0. The molecule has 1 aliphatic heterocycles. The fraction of sp³-hybridized carbons (Fsp3) is 0.158. The Kier molecular flexibility index (Phi) is 6.55. The van der Waals surface area contributed by atoms with Crippen LogP contribution < -0.4 is 10.1 Å². The van der Waals surface area contributed by atoms with E-state index in [0.29, 0.717) is 5.56 Å². The van der Waals surface area contributed by atoms with E-state index in [-0.39, 0.29) is 0 Å². The van der Waals surface area contributed by atoms with Gasteiger partial charge in [-0.15, -0.1) is 0 Å². The van der Waals surface area contributed by atoms with Crippen molar-refractivity contribution in [2.45, 2.75) is 38.9 Å². The molecule has 0 atom stereocenters. The second-order valence-electron chi connectivity index (χ2n) is 13.4. The third-order valence-electron chi connectivity index (χ3n) is 9.22. The first-order valence-electron chi connectivity index (χ1n) is 15.0. The quantitative estimate of drug-likeness (QED) is 0.0495. The van der Waals surface area contributed by atoms with E-state index in [1.807, 2.05) is 24.3 Å². The van der Waals surface area contributed by atoms with Crippen LogP contribution in [0.2, 0.25) is 19.6 Å². The lowest BCUT2D eigenvalue weighted by Gasteiger charge is -2.42. The van der Waals surface area contributed by atoms with Crippen LogP contribution in [0.4, 0.5) is 34.6 Å². The zero-order valence-electron chi connectivity index (χ0n) is 25.9. The molecule has 1 aliphatic carbocycles. The van der Waals surface area contributed by atoms with E-state index in [2.05, 4.69) is 80.9 Å². The Hall–Kier alpha value is -4.82. The van der Waals surface area contributed by atoms with Gasteiger partial charge in [0.15, 0.2) is 23.3 Å². The summed E-state index contributed by atoms with van der Waals surface area (Å²) in [4.78, 5) is 28.2. The molecule has 0 N–H and O–H groups in total. The lowest BCUT2D eigenvalue weighted by Crippen LogP contribution is -2.37. The van der Waals surface area contributed by atoms with Crippen molar-refractivity contribution in [3.63, 3.8) is 0 Å². The Morgan fingerprint density at radius 3 is 1.91 bits per heavy atom. The third-order valence-corrected chi connectivity index (χ3v) is 11.3. The van der Waals surface area contributed by atoms with Gasteiger partial charge in [-0.05, 0) is 63.9 Å². The van der Waals surface area contributed by atoms with Crippen molar-refractivity contribution >= 4 is 58.7 Å². The number of carbonyl (C=O) groups is 2. The number of rotatable bonds is 3. The molecule has 8 heteroatoms. The van der Waals surface area contributed by atoms with E-state index < -0.39 is 65.0 Å². The molecule has 0 amide bonds. The van der Waals surface area contributed by atoms with Crippen molar-refractivity contribution in [3.8, 4) is 0 Å². The summed E-state index contributed by atoms with van der Waals surface area (Å²) in [7, 11) is -1.50. The van der Waals surface area contributed by atoms with Crippen LogP contribution in [0.1, 0.15) is 51.3 Å². The van der Waals surface area contributed by atoms with Crippen LogP contribution in [-0.4, -0.2) is 19.6 Å². The van der Waals surface area contributed by atoms with E-state index in [4.69, 9.17) is 0 Å². The van der Waals surface area contributed by atoms with Gasteiger partial charge >= 0.3 is 0 Å². The summed E-state index contributed by atoms with van der Waals surface area (Å²) < 4.78 is 56.7. The zero-order chi connectivity index (χ0) is 32.9. The number of anilines is 3. The van der Waals surface area contributed by atoms with Crippen LogP contribution in [0, 0.1) is 23.3 Å². The molecule has 5 aromatic rings. The summed E-state index contributed by atoms with van der Waals surface area (Å²) in [5.41, 5.74) is 2.69. The molecule has 0 spiro atoms. The normalized spacial score (nSPS) is 15.2. The van der Waals surface area contributed by atoms with E-state index in [9.17, 15) is 27.2 Å². The Labute approximate surface area is 264 Å². The average Bonchev–Trinajstić information content (AvgIpc) is 3.27. The number of benzene rings is 5. The van der Waals surface area contributed by atoms with Crippen molar-refractivity contribution in [2.24, 2.45) is 0 Å². The van der Waals surface area contributed by atoms with Crippen LogP contribution in [0.3, 0.4) is 0 Å². The highest BCUT2D eigenvalue weighted by molar-refractivity contribution is 6.88. The highest BCUT2D eigenvalue weighted by Gasteiger charge is 2.42. The minimum atomic E-state index is -2.13. The van der Waals surface area contributed by atoms with Gasteiger partial charge in [-0.3, -0.25) is 9.59 Å². The lowest BCUT2D eigenvalue weighted by molar-refractivity contribution is 0.0988. The smallest absolute Gasteiger partial charge is 0.200 e. The molecule has 5 aromatic carbocycles. The van der Waals surface area contributed by atoms with Crippen LogP contribution >= 0.6 is 0 Å². The molecule has 7 rings (SSSR count). The third kappa shape index (κ3) is 4.23. The maximum absolute atomic E-state index is 14.5. The number of hydrogen-bond donors (Lipinski definition) is 0. The van der Waals surface area contributed by atoms with E-state index in [1.165, 1.54) is 11.3 Å². The summed E-state index contributed by atoms with van der Waals surface area (Å²) in [5, 5.41) is 3.14. The highest BCUT2D eigenvalue weighted by Crippen LogP contribution is 2.53. The predicted octanol–water partition coefficient (Wildman–Crippen LogP) is 9.51. The number of halogens is 4. The van der Waals surface area contributed by atoms with Crippen LogP contribution in [0.5, 0.6) is 0 Å². The minimum absolute atomic E-state index is 0.400. The molecular formula is C38H29F4NO2Si. The van der Waals surface area contributed by atoms with E-state index >= 15 is 0 Å². The number of Topliss-reactive ketones (excluding diaryl/α,β-unsaturated/α-hetero) is 2. The first-order chi connectivity index (χ1) is 21.7. The summed E-state index contributed by atoms with van der Waals surface area (Å²) in [6.07, 6.45) is 1.21. The molecule has 2 aliphatic rings. The number of allylic oxidation sites excluding steroid dienone is 1. The van der Waals surface area contributed by atoms with Crippen molar-refractivity contribution in [1.29, 1.82) is 0 Å². The fourth-order valence-electron chi connectivity index (χ4n) is 6.85. The predicted molar refractivity (Wildman–Crippen MR) is 177 cm³/mol. The monoisotopic (exact) mass is 635 g/mol. The fourth-order valence-corrected chi connectivity index (χ4v) is 8.01. The van der Waals surface area contributed by atoms with Gasteiger partial charge in [-0.1, -0.05) is 87.2 Å². The standard InChI is InChI=1S/C38H29F4NO2Si/c1-38(2)26-8-6-7-9-27(26)43(22-12-14-23(15-13-22)46(3,4)5)28-17-11-21-18-20(10-16-24(21)31(28)38)19-25-36(44)29-30(37(25)45)33(40)35(42)34(41)32(29)39/h6-19H,1-5H3. The number of para-hydroxylation sites is 1. The zero-order valence-corrected chi connectivity index (χ0v) is 26.9. The van der Waals surface area contributed by atoms with Crippen LogP contribution in [0.15, 0.2) is 84.4 Å². The Morgan fingerprint density at radius 1 is 0.696 bits per heavy atom. The molecule has 46 heavy (non-hydrogen) atoms. The van der Waals surface area contributed by atoms with E-state index in [1.54, 1.807) is 12.1 Å².